The molecule has 5 heteroatoms. The topological polar surface area (TPSA) is 76.2 Å². The molecule has 0 bridgehead atoms. The molecule has 0 spiro atoms. The Kier molecular flexibility index (Phi) is 1.98. The number of pyridine rings is 1. The van der Waals surface area contributed by atoms with Gasteiger partial charge in [0.2, 0.25) is 0 Å². The third-order valence-corrected chi connectivity index (χ3v) is 1.71. The zero-order valence-electron chi connectivity index (χ0n) is 7.04. The molecule has 0 atom stereocenters. The molecule has 2 heterocycles. The van der Waals surface area contributed by atoms with E-state index in [1.54, 1.807) is 24.4 Å². The number of aromatic carboxylic acids is 1. The van der Waals surface area contributed by atoms with Gasteiger partial charge in [0.25, 0.3) is 5.76 Å². The Bertz CT molecular complexity index is 450. The molecule has 0 amide bonds. The van der Waals surface area contributed by atoms with Crippen molar-refractivity contribution in [2.75, 3.05) is 0 Å². The van der Waals surface area contributed by atoms with Gasteiger partial charge in [0.1, 0.15) is 0 Å². The lowest BCUT2D eigenvalue weighted by Crippen LogP contribution is -1.96. The molecule has 0 aliphatic rings. The van der Waals surface area contributed by atoms with Gasteiger partial charge in [0.05, 0.1) is 17.5 Å². The fourth-order valence-corrected chi connectivity index (χ4v) is 1.10. The van der Waals surface area contributed by atoms with E-state index in [2.05, 4.69) is 14.7 Å². The summed E-state index contributed by atoms with van der Waals surface area (Å²) >= 11 is 0. The summed E-state index contributed by atoms with van der Waals surface area (Å²) in [5.74, 6) is -1.34. The maximum atomic E-state index is 10.7. The highest BCUT2D eigenvalue weighted by Gasteiger charge is 2.17. The molecule has 2 aromatic rings. The van der Waals surface area contributed by atoms with Crippen molar-refractivity contribution in [3.05, 3.63) is 36.4 Å². The number of carbonyl (C=O) groups is 1. The van der Waals surface area contributed by atoms with Gasteiger partial charge < -0.3 is 9.63 Å². The van der Waals surface area contributed by atoms with Crippen LogP contribution in [0.5, 0.6) is 0 Å². The molecule has 14 heavy (non-hydrogen) atoms. The molecule has 5 nitrogen and oxygen atoms in total. The molecule has 0 saturated carbocycles. The molecule has 1 N–H and O–H groups in total. The lowest BCUT2D eigenvalue weighted by molar-refractivity contribution is 0.0653. The predicted molar refractivity (Wildman–Crippen MR) is 46.7 cm³/mol. The molecular formula is C9H6N2O3. The number of hydrogen-bond acceptors (Lipinski definition) is 4. The van der Waals surface area contributed by atoms with Crippen molar-refractivity contribution in [2.45, 2.75) is 0 Å². The van der Waals surface area contributed by atoms with Gasteiger partial charge in [-0.2, -0.15) is 0 Å². The lowest BCUT2D eigenvalue weighted by Gasteiger charge is -1.94. The van der Waals surface area contributed by atoms with E-state index in [1.165, 1.54) is 6.20 Å². The zero-order chi connectivity index (χ0) is 9.97. The van der Waals surface area contributed by atoms with E-state index >= 15 is 0 Å². The largest absolute Gasteiger partial charge is 0.475 e. The Hall–Kier alpha value is -2.17. The van der Waals surface area contributed by atoms with Crippen LogP contribution in [0.3, 0.4) is 0 Å². The third-order valence-electron chi connectivity index (χ3n) is 1.71. The molecule has 0 unspecified atom stereocenters. The van der Waals surface area contributed by atoms with E-state index in [4.69, 9.17) is 5.11 Å². The molecule has 0 aliphatic heterocycles. The summed E-state index contributed by atoms with van der Waals surface area (Å²) in [6.07, 6.45) is 2.92. The standard InChI is InChI=1S/C9H6N2O3/c12-9(13)8-6(5-11-14-8)7-3-1-2-4-10-7/h1-5H,(H,12,13). The number of carboxylic acid groups (broad SMARTS) is 1. The maximum absolute atomic E-state index is 10.7. The average molecular weight is 190 g/mol. The van der Waals surface area contributed by atoms with Crippen LogP contribution in [0.1, 0.15) is 10.6 Å². The molecular weight excluding hydrogens is 184 g/mol. The van der Waals surface area contributed by atoms with Crippen LogP contribution in [0.15, 0.2) is 35.1 Å². The minimum atomic E-state index is -1.15. The Morgan fingerprint density at radius 3 is 2.93 bits per heavy atom. The van der Waals surface area contributed by atoms with E-state index in [9.17, 15) is 4.79 Å². The highest BCUT2D eigenvalue weighted by Crippen LogP contribution is 2.20. The van der Waals surface area contributed by atoms with Crippen LogP contribution in [0.2, 0.25) is 0 Å². The summed E-state index contributed by atoms with van der Waals surface area (Å²) in [4.78, 5) is 14.7. The minimum Gasteiger partial charge on any atom is -0.475 e. The van der Waals surface area contributed by atoms with Crippen molar-refractivity contribution in [1.82, 2.24) is 10.1 Å². The normalized spacial score (nSPS) is 10.0. The second kappa shape index (κ2) is 3.29. The number of carboxylic acids is 1. The highest BCUT2D eigenvalue weighted by atomic mass is 16.5. The quantitative estimate of drug-likeness (QED) is 0.775. The summed E-state index contributed by atoms with van der Waals surface area (Å²) in [6, 6.07) is 5.21. The molecule has 0 fully saturated rings. The van der Waals surface area contributed by atoms with Gasteiger partial charge in [-0.15, -0.1) is 0 Å². The summed E-state index contributed by atoms with van der Waals surface area (Å²) in [7, 11) is 0. The number of nitrogens with zero attached hydrogens (tertiary/aromatic N) is 2. The Balaban J connectivity index is 2.52. The van der Waals surface area contributed by atoms with Crippen molar-refractivity contribution in [3.8, 4) is 11.3 Å². The molecule has 0 aromatic carbocycles. The van der Waals surface area contributed by atoms with Crippen LogP contribution in [-0.2, 0) is 0 Å². The monoisotopic (exact) mass is 190 g/mol. The van der Waals surface area contributed by atoms with Gasteiger partial charge in [-0.3, -0.25) is 4.98 Å². The van der Waals surface area contributed by atoms with Crippen molar-refractivity contribution < 1.29 is 14.4 Å². The van der Waals surface area contributed by atoms with E-state index in [1.807, 2.05) is 0 Å². The summed E-state index contributed by atoms with van der Waals surface area (Å²) in [5, 5.41) is 12.2. The molecule has 0 aliphatic carbocycles. The number of rotatable bonds is 2. The van der Waals surface area contributed by atoms with Crippen LogP contribution in [0.4, 0.5) is 0 Å². The summed E-state index contributed by atoms with van der Waals surface area (Å²) in [5.41, 5.74) is 0.921. The highest BCUT2D eigenvalue weighted by molar-refractivity contribution is 5.91. The van der Waals surface area contributed by atoms with Gasteiger partial charge in [-0.1, -0.05) is 11.2 Å². The molecule has 0 radical (unpaired) electrons. The first-order chi connectivity index (χ1) is 6.79. The lowest BCUT2D eigenvalue weighted by atomic mass is 10.2. The molecule has 0 saturated heterocycles. The first-order valence-electron chi connectivity index (χ1n) is 3.88. The molecule has 2 aromatic heterocycles. The summed E-state index contributed by atoms with van der Waals surface area (Å²) in [6.45, 7) is 0. The van der Waals surface area contributed by atoms with Crippen LogP contribution >= 0.6 is 0 Å². The second-order valence-electron chi connectivity index (χ2n) is 2.59. The zero-order valence-corrected chi connectivity index (χ0v) is 7.04. The van der Waals surface area contributed by atoms with Gasteiger partial charge in [-0.05, 0) is 12.1 Å². The van der Waals surface area contributed by atoms with Gasteiger partial charge in [-0.25, -0.2) is 4.79 Å². The number of aromatic nitrogens is 2. The van der Waals surface area contributed by atoms with Crippen LogP contribution < -0.4 is 0 Å². The average Bonchev–Trinajstić information content (AvgIpc) is 2.67. The van der Waals surface area contributed by atoms with Crippen LogP contribution in [-0.4, -0.2) is 21.2 Å². The predicted octanol–water partition coefficient (Wildman–Crippen LogP) is 1.43. The van der Waals surface area contributed by atoms with Gasteiger partial charge >= 0.3 is 5.97 Å². The van der Waals surface area contributed by atoms with Crippen molar-refractivity contribution in [2.24, 2.45) is 0 Å². The Morgan fingerprint density at radius 2 is 2.29 bits per heavy atom. The van der Waals surface area contributed by atoms with Crippen molar-refractivity contribution >= 4 is 5.97 Å². The fourth-order valence-electron chi connectivity index (χ4n) is 1.10. The first-order valence-corrected chi connectivity index (χ1v) is 3.88. The molecule has 70 valence electrons. The summed E-state index contributed by atoms with van der Waals surface area (Å²) < 4.78 is 4.59. The Labute approximate surface area is 79.0 Å². The SMILES string of the molecule is O=C(O)c1oncc1-c1ccccn1. The van der Waals surface area contributed by atoms with Crippen molar-refractivity contribution in [3.63, 3.8) is 0 Å². The van der Waals surface area contributed by atoms with E-state index in [0.29, 0.717) is 11.3 Å². The maximum Gasteiger partial charge on any atom is 0.375 e. The fraction of sp³-hybridized carbons (Fsp3) is 0. The first kappa shape index (κ1) is 8.43. The van der Waals surface area contributed by atoms with Gasteiger partial charge in [0.15, 0.2) is 0 Å². The minimum absolute atomic E-state index is 0.191. The molecule has 2 rings (SSSR count). The second-order valence-corrected chi connectivity index (χ2v) is 2.59. The van der Waals surface area contributed by atoms with Crippen molar-refractivity contribution in [1.29, 1.82) is 0 Å². The van der Waals surface area contributed by atoms with Crippen LogP contribution in [0.25, 0.3) is 11.3 Å². The van der Waals surface area contributed by atoms with Gasteiger partial charge in [0, 0.05) is 6.20 Å². The van der Waals surface area contributed by atoms with E-state index in [-0.39, 0.29) is 5.76 Å². The van der Waals surface area contributed by atoms with E-state index in [0.717, 1.165) is 0 Å². The van der Waals surface area contributed by atoms with Crippen LogP contribution in [0, 0.1) is 0 Å². The Morgan fingerprint density at radius 1 is 1.43 bits per heavy atom. The third kappa shape index (κ3) is 1.35. The number of hydrogen-bond donors (Lipinski definition) is 1. The smallest absolute Gasteiger partial charge is 0.375 e. The van der Waals surface area contributed by atoms with E-state index < -0.39 is 5.97 Å².